The van der Waals surface area contributed by atoms with Gasteiger partial charge in [-0.2, -0.15) is 0 Å². The lowest BCUT2D eigenvalue weighted by Gasteiger charge is -2.35. The highest BCUT2D eigenvalue weighted by molar-refractivity contribution is 6.29. The molecule has 0 radical (unpaired) electrons. The molecule has 1 unspecified atom stereocenters. The molecule has 1 aliphatic rings. The summed E-state index contributed by atoms with van der Waals surface area (Å²) in [4.78, 5) is 22.3. The van der Waals surface area contributed by atoms with E-state index in [1.54, 1.807) is 13.0 Å². The molecule has 1 aromatic heterocycles. The minimum atomic E-state index is -0.376. The number of aryl methyl sites for hydroxylation is 1. The maximum absolute atomic E-state index is 12.0. The van der Waals surface area contributed by atoms with E-state index >= 15 is 0 Å². The van der Waals surface area contributed by atoms with Gasteiger partial charge in [0.15, 0.2) is 0 Å². The highest BCUT2D eigenvalue weighted by Gasteiger charge is 2.30. The molecule has 0 spiro atoms. The van der Waals surface area contributed by atoms with E-state index in [1.807, 2.05) is 11.8 Å². The average Bonchev–Trinajstić information content (AvgIpc) is 2.38. The Kier molecular flexibility index (Phi) is 4.55. The Labute approximate surface area is 117 Å². The predicted molar refractivity (Wildman–Crippen MR) is 72.4 cm³/mol. The van der Waals surface area contributed by atoms with E-state index in [2.05, 4.69) is 15.3 Å². The van der Waals surface area contributed by atoms with Crippen molar-refractivity contribution < 1.29 is 9.53 Å². The van der Waals surface area contributed by atoms with Gasteiger partial charge in [-0.05, 0) is 13.8 Å². The van der Waals surface area contributed by atoms with Crippen LogP contribution < -0.4 is 10.2 Å². The third-order valence-electron chi connectivity index (χ3n) is 2.87. The summed E-state index contributed by atoms with van der Waals surface area (Å²) in [5, 5.41) is 3.19. The summed E-state index contributed by atoms with van der Waals surface area (Å²) in [6.45, 7) is 5.78. The third kappa shape index (κ3) is 3.33. The second kappa shape index (κ2) is 6.16. The molecule has 0 aromatic carbocycles. The molecule has 19 heavy (non-hydrogen) atoms. The maximum Gasteiger partial charge on any atom is 0.245 e. The first-order valence-electron chi connectivity index (χ1n) is 6.25. The summed E-state index contributed by atoms with van der Waals surface area (Å²) in [5.41, 5.74) is 0. The van der Waals surface area contributed by atoms with E-state index in [0.717, 1.165) is 0 Å². The fraction of sp³-hybridized carbons (Fsp3) is 0.583. The lowest BCUT2D eigenvalue weighted by Crippen LogP contribution is -2.54. The molecule has 0 saturated carbocycles. The van der Waals surface area contributed by atoms with E-state index in [1.165, 1.54) is 0 Å². The van der Waals surface area contributed by atoms with Crippen molar-refractivity contribution in [2.45, 2.75) is 19.9 Å². The first-order valence-corrected chi connectivity index (χ1v) is 6.63. The smallest absolute Gasteiger partial charge is 0.245 e. The number of likely N-dealkylation sites (N-methyl/N-ethyl adjacent to an activating group) is 1. The van der Waals surface area contributed by atoms with Crippen LogP contribution in [0.3, 0.4) is 0 Å². The molecular weight excluding hydrogens is 268 g/mol. The standard InChI is InChI=1S/C12H17ClN4O2/c1-3-14-12(18)9-7-19-5-4-17(9)11-6-10(13)15-8(2)16-11/h6,9H,3-5,7H2,1-2H3,(H,14,18). The summed E-state index contributed by atoms with van der Waals surface area (Å²) in [5.74, 6) is 1.19. The Balaban J connectivity index is 2.25. The van der Waals surface area contributed by atoms with E-state index < -0.39 is 0 Å². The van der Waals surface area contributed by atoms with Gasteiger partial charge >= 0.3 is 0 Å². The van der Waals surface area contributed by atoms with Gasteiger partial charge in [0.05, 0.1) is 13.2 Å². The van der Waals surface area contributed by atoms with Crippen LogP contribution in [-0.4, -0.2) is 48.2 Å². The second-order valence-corrected chi connectivity index (χ2v) is 4.66. The lowest BCUT2D eigenvalue weighted by molar-refractivity contribution is -0.124. The predicted octanol–water partition coefficient (Wildman–Crippen LogP) is 0.780. The van der Waals surface area contributed by atoms with Gasteiger partial charge in [0.2, 0.25) is 5.91 Å². The Bertz CT molecular complexity index is 449. The van der Waals surface area contributed by atoms with Crippen molar-refractivity contribution in [2.75, 3.05) is 31.2 Å². The third-order valence-corrected chi connectivity index (χ3v) is 3.06. The van der Waals surface area contributed by atoms with Gasteiger partial charge in [-0.15, -0.1) is 0 Å². The second-order valence-electron chi connectivity index (χ2n) is 4.27. The summed E-state index contributed by atoms with van der Waals surface area (Å²) in [6.07, 6.45) is 0. The van der Waals surface area contributed by atoms with Gasteiger partial charge in [0.1, 0.15) is 22.8 Å². The highest BCUT2D eigenvalue weighted by Crippen LogP contribution is 2.20. The van der Waals surface area contributed by atoms with Crippen molar-refractivity contribution in [1.29, 1.82) is 0 Å². The molecule has 1 N–H and O–H groups in total. The summed E-state index contributed by atoms with van der Waals surface area (Å²) in [7, 11) is 0. The van der Waals surface area contributed by atoms with Crippen molar-refractivity contribution in [1.82, 2.24) is 15.3 Å². The van der Waals surface area contributed by atoms with Crippen LogP contribution in [0.4, 0.5) is 5.82 Å². The molecule has 2 heterocycles. The molecule has 1 amide bonds. The zero-order valence-electron chi connectivity index (χ0n) is 11.0. The molecule has 1 saturated heterocycles. The number of hydrogen-bond donors (Lipinski definition) is 1. The molecule has 6 nitrogen and oxygen atoms in total. The fourth-order valence-corrected chi connectivity index (χ4v) is 2.27. The first-order chi connectivity index (χ1) is 9.11. The topological polar surface area (TPSA) is 67.3 Å². The molecule has 0 aliphatic carbocycles. The summed E-state index contributed by atoms with van der Waals surface area (Å²) in [6, 6.07) is 1.30. The number of amides is 1. The number of nitrogens with one attached hydrogen (secondary N) is 1. The van der Waals surface area contributed by atoms with Crippen LogP contribution in [0.15, 0.2) is 6.07 Å². The molecule has 104 valence electrons. The maximum atomic E-state index is 12.0. The van der Waals surface area contributed by atoms with E-state index in [-0.39, 0.29) is 11.9 Å². The van der Waals surface area contributed by atoms with Gasteiger partial charge in [0.25, 0.3) is 0 Å². The number of morpholine rings is 1. The zero-order valence-corrected chi connectivity index (χ0v) is 11.8. The molecule has 1 aliphatic heterocycles. The fourth-order valence-electron chi connectivity index (χ4n) is 2.05. The molecule has 1 aromatic rings. The Hall–Kier alpha value is -1.40. The normalized spacial score (nSPS) is 19.3. The number of carbonyl (C=O) groups is 1. The highest BCUT2D eigenvalue weighted by atomic mass is 35.5. The number of carbonyl (C=O) groups excluding carboxylic acids is 1. The molecule has 7 heteroatoms. The van der Waals surface area contributed by atoms with Crippen LogP contribution in [-0.2, 0) is 9.53 Å². The number of aromatic nitrogens is 2. The molecule has 2 rings (SSSR count). The Morgan fingerprint density at radius 3 is 3.11 bits per heavy atom. The van der Waals surface area contributed by atoms with Crippen LogP contribution in [0.1, 0.15) is 12.7 Å². The van der Waals surface area contributed by atoms with E-state index in [4.69, 9.17) is 16.3 Å². The van der Waals surface area contributed by atoms with Gasteiger partial charge < -0.3 is 15.0 Å². The van der Waals surface area contributed by atoms with Crippen LogP contribution in [0, 0.1) is 6.92 Å². The van der Waals surface area contributed by atoms with Gasteiger partial charge in [-0.1, -0.05) is 11.6 Å². The molecule has 0 bridgehead atoms. The summed E-state index contributed by atoms with van der Waals surface area (Å²) < 4.78 is 5.38. The molecule has 1 atom stereocenters. The van der Waals surface area contributed by atoms with Crippen LogP contribution in [0.2, 0.25) is 5.15 Å². The monoisotopic (exact) mass is 284 g/mol. The number of nitrogens with zero attached hydrogens (tertiary/aromatic N) is 3. The SMILES string of the molecule is CCNC(=O)C1COCCN1c1cc(Cl)nc(C)n1. The summed E-state index contributed by atoms with van der Waals surface area (Å²) >= 11 is 5.95. The largest absolute Gasteiger partial charge is 0.377 e. The van der Waals surface area contributed by atoms with Gasteiger partial charge in [-0.3, -0.25) is 4.79 Å². The Morgan fingerprint density at radius 1 is 1.63 bits per heavy atom. The number of rotatable bonds is 3. The number of hydrogen-bond acceptors (Lipinski definition) is 5. The van der Waals surface area contributed by atoms with E-state index in [9.17, 15) is 4.79 Å². The molecular formula is C12H17ClN4O2. The first kappa shape index (κ1) is 14.0. The van der Waals surface area contributed by atoms with Crippen molar-refractivity contribution in [2.24, 2.45) is 0 Å². The van der Waals surface area contributed by atoms with Crippen LogP contribution in [0.5, 0.6) is 0 Å². The number of halogens is 1. The molecule has 1 fully saturated rings. The quantitative estimate of drug-likeness (QED) is 0.831. The number of anilines is 1. The zero-order chi connectivity index (χ0) is 13.8. The average molecular weight is 285 g/mol. The Morgan fingerprint density at radius 2 is 2.42 bits per heavy atom. The van der Waals surface area contributed by atoms with E-state index in [0.29, 0.717) is 43.1 Å². The minimum absolute atomic E-state index is 0.0606. The van der Waals surface area contributed by atoms with Crippen molar-refractivity contribution in [3.63, 3.8) is 0 Å². The van der Waals surface area contributed by atoms with Crippen LogP contribution >= 0.6 is 11.6 Å². The van der Waals surface area contributed by atoms with Crippen molar-refractivity contribution in [3.05, 3.63) is 17.0 Å². The minimum Gasteiger partial charge on any atom is -0.377 e. The number of ether oxygens (including phenoxy) is 1. The van der Waals surface area contributed by atoms with Crippen LogP contribution in [0.25, 0.3) is 0 Å². The lowest BCUT2D eigenvalue weighted by atomic mass is 10.2. The van der Waals surface area contributed by atoms with Crippen molar-refractivity contribution in [3.8, 4) is 0 Å². The van der Waals surface area contributed by atoms with Gasteiger partial charge in [-0.25, -0.2) is 9.97 Å². The van der Waals surface area contributed by atoms with Crippen molar-refractivity contribution >= 4 is 23.3 Å². The van der Waals surface area contributed by atoms with Gasteiger partial charge in [0, 0.05) is 19.2 Å².